The first-order chi connectivity index (χ1) is 13.2. The van der Waals surface area contributed by atoms with Crippen molar-refractivity contribution in [1.82, 2.24) is 9.97 Å². The van der Waals surface area contributed by atoms with E-state index < -0.39 is 38.7 Å². The molecule has 2 N–H and O–H groups in total. The lowest BCUT2D eigenvalue weighted by Crippen LogP contribution is -2.19. The number of pyridine rings is 1. The van der Waals surface area contributed by atoms with E-state index in [9.17, 15) is 22.0 Å². The smallest absolute Gasteiger partial charge is 0.232 e. The molecule has 0 amide bonds. The largest absolute Gasteiger partial charge is 0.345 e. The van der Waals surface area contributed by atoms with Gasteiger partial charge in [0.25, 0.3) is 0 Å². The minimum Gasteiger partial charge on any atom is -0.345 e. The third kappa shape index (κ3) is 4.32. The number of sulfonamides is 1. The summed E-state index contributed by atoms with van der Waals surface area (Å²) in [5.74, 6) is -3.30. The molecule has 3 aromatic rings. The quantitative estimate of drug-likeness (QED) is 0.365. The number of hydrogen-bond acceptors (Lipinski definition) is 4. The van der Waals surface area contributed by atoms with Gasteiger partial charge in [-0.1, -0.05) is 6.92 Å². The number of rotatable bonds is 7. The predicted octanol–water partition coefficient (Wildman–Crippen LogP) is 4.02. The lowest BCUT2D eigenvalue weighted by atomic mass is 10.0. The fraction of sp³-hybridized carbons (Fsp3) is 0.222. The molecule has 0 spiro atoms. The van der Waals surface area contributed by atoms with E-state index in [1.807, 2.05) is 0 Å². The van der Waals surface area contributed by atoms with Gasteiger partial charge in [0.1, 0.15) is 11.5 Å². The number of aromatic amines is 1. The zero-order valence-electron chi connectivity index (χ0n) is 14.7. The second kappa shape index (κ2) is 8.11. The zero-order chi connectivity index (χ0) is 20.5. The summed E-state index contributed by atoms with van der Waals surface area (Å²) in [4.78, 5) is 19.7. The van der Waals surface area contributed by atoms with E-state index in [4.69, 9.17) is 0 Å². The van der Waals surface area contributed by atoms with Gasteiger partial charge in [-0.25, -0.2) is 22.2 Å². The molecule has 3 rings (SSSR count). The number of hydrogen-bond donors (Lipinski definition) is 2. The Hall–Kier alpha value is -2.08. The summed E-state index contributed by atoms with van der Waals surface area (Å²) in [7, 11) is -3.78. The molecule has 0 saturated carbocycles. The Kier molecular flexibility index (Phi) is 5.98. The van der Waals surface area contributed by atoms with Crippen LogP contribution in [0.1, 0.15) is 29.3 Å². The number of carbonyl (C=O) groups excluding carboxylic acids is 1. The first-order valence-corrected chi connectivity index (χ1v) is 11.1. The van der Waals surface area contributed by atoms with Crippen molar-refractivity contribution >= 4 is 55.1 Å². The van der Waals surface area contributed by atoms with Crippen molar-refractivity contribution in [2.45, 2.75) is 19.8 Å². The summed E-state index contributed by atoms with van der Waals surface area (Å²) in [5.41, 5.74) is -0.0939. The standard InChI is InChI=1S/C18H16F2IN3O3S/c1-2-5-28(26,27)24-14-4-3-12(19)16(17(14)20)15(25)7-10-6-11-13(21)9-23-18(11)22-8-10/h3-4,6,8-9,24H,2,5,7H2,1H3,(H,22,23). The zero-order valence-corrected chi connectivity index (χ0v) is 17.7. The van der Waals surface area contributed by atoms with Crippen molar-refractivity contribution in [3.8, 4) is 0 Å². The van der Waals surface area contributed by atoms with E-state index in [0.717, 1.165) is 21.1 Å². The molecule has 0 aliphatic heterocycles. The molecule has 0 atom stereocenters. The van der Waals surface area contributed by atoms with Crippen molar-refractivity contribution < 1.29 is 22.0 Å². The number of Topliss-reactive ketones (excluding diaryl/α,β-unsaturated/α-hetero) is 1. The fourth-order valence-corrected chi connectivity index (χ4v) is 4.46. The SMILES string of the molecule is CCCS(=O)(=O)Nc1ccc(F)c(C(=O)Cc2cnc3[nH]cc(I)c3c2)c1F. The number of nitrogens with zero attached hydrogens (tertiary/aromatic N) is 1. The summed E-state index contributed by atoms with van der Waals surface area (Å²) < 4.78 is 55.6. The van der Waals surface area contributed by atoms with Gasteiger partial charge in [0.15, 0.2) is 11.6 Å². The number of benzene rings is 1. The van der Waals surface area contributed by atoms with Crippen LogP contribution in [0.25, 0.3) is 11.0 Å². The highest BCUT2D eigenvalue weighted by Gasteiger charge is 2.23. The molecule has 28 heavy (non-hydrogen) atoms. The number of fused-ring (bicyclic) bond motifs is 1. The van der Waals surface area contributed by atoms with Crippen LogP contribution in [0, 0.1) is 15.2 Å². The minimum absolute atomic E-state index is 0.214. The van der Waals surface area contributed by atoms with E-state index >= 15 is 0 Å². The Morgan fingerprint density at radius 1 is 1.32 bits per heavy atom. The molecule has 6 nitrogen and oxygen atoms in total. The van der Waals surface area contributed by atoms with Gasteiger partial charge in [0, 0.05) is 27.8 Å². The summed E-state index contributed by atoms with van der Waals surface area (Å²) in [5, 5.41) is 0.799. The van der Waals surface area contributed by atoms with Gasteiger partial charge >= 0.3 is 0 Å². The number of carbonyl (C=O) groups is 1. The Morgan fingerprint density at radius 2 is 2.07 bits per heavy atom. The highest BCUT2D eigenvalue weighted by atomic mass is 127. The van der Waals surface area contributed by atoms with E-state index in [1.165, 1.54) is 6.20 Å². The first kappa shape index (κ1) is 20.6. The number of aromatic nitrogens is 2. The highest BCUT2D eigenvalue weighted by molar-refractivity contribution is 14.1. The van der Waals surface area contributed by atoms with Crippen molar-refractivity contribution in [2.75, 3.05) is 10.5 Å². The highest BCUT2D eigenvalue weighted by Crippen LogP contribution is 2.25. The van der Waals surface area contributed by atoms with Crippen LogP contribution in [0.3, 0.4) is 0 Å². The number of nitrogens with one attached hydrogen (secondary N) is 2. The molecule has 2 aromatic heterocycles. The van der Waals surface area contributed by atoms with Gasteiger partial charge in [-0.3, -0.25) is 9.52 Å². The van der Waals surface area contributed by atoms with E-state index in [0.29, 0.717) is 17.6 Å². The van der Waals surface area contributed by atoms with Crippen molar-refractivity contribution in [3.63, 3.8) is 0 Å². The van der Waals surface area contributed by atoms with Gasteiger partial charge < -0.3 is 4.98 Å². The Morgan fingerprint density at radius 3 is 2.79 bits per heavy atom. The molecular formula is C18H16F2IN3O3S. The topological polar surface area (TPSA) is 91.9 Å². The average Bonchev–Trinajstić information content (AvgIpc) is 2.98. The molecule has 148 valence electrons. The van der Waals surface area contributed by atoms with Crippen LogP contribution in [-0.4, -0.2) is 29.9 Å². The first-order valence-electron chi connectivity index (χ1n) is 8.35. The monoisotopic (exact) mass is 519 g/mol. The second-order valence-corrected chi connectivity index (χ2v) is 9.19. The maximum atomic E-state index is 14.7. The number of anilines is 1. The van der Waals surface area contributed by atoms with Crippen LogP contribution >= 0.6 is 22.6 Å². The molecule has 0 radical (unpaired) electrons. The molecule has 0 aliphatic carbocycles. The molecule has 0 aliphatic rings. The lowest BCUT2D eigenvalue weighted by molar-refractivity contribution is 0.0985. The van der Waals surface area contributed by atoms with Crippen LogP contribution in [0.15, 0.2) is 30.6 Å². The summed E-state index contributed by atoms with van der Waals surface area (Å²) in [6.45, 7) is 1.66. The average molecular weight is 519 g/mol. The van der Waals surface area contributed by atoms with Crippen LogP contribution in [0.2, 0.25) is 0 Å². The van der Waals surface area contributed by atoms with Crippen LogP contribution in [0.5, 0.6) is 0 Å². The third-order valence-corrected chi connectivity index (χ3v) is 6.38. The molecule has 0 fully saturated rings. The summed E-state index contributed by atoms with van der Waals surface area (Å²) in [6, 6.07) is 3.56. The second-order valence-electron chi connectivity index (χ2n) is 6.18. The third-order valence-electron chi connectivity index (χ3n) is 4.01. The number of H-pyrrole nitrogens is 1. The maximum Gasteiger partial charge on any atom is 0.232 e. The Balaban J connectivity index is 1.92. The minimum atomic E-state index is -3.78. The van der Waals surface area contributed by atoms with E-state index in [2.05, 4.69) is 37.3 Å². The van der Waals surface area contributed by atoms with Crippen molar-refractivity contribution in [1.29, 1.82) is 0 Å². The van der Waals surface area contributed by atoms with Gasteiger partial charge in [0.05, 0.1) is 17.0 Å². The molecule has 0 bridgehead atoms. The molecular weight excluding hydrogens is 503 g/mol. The number of ketones is 1. The van der Waals surface area contributed by atoms with Gasteiger partial charge in [-0.15, -0.1) is 0 Å². The predicted molar refractivity (Wildman–Crippen MR) is 111 cm³/mol. The van der Waals surface area contributed by atoms with Crippen LogP contribution < -0.4 is 4.72 Å². The summed E-state index contributed by atoms with van der Waals surface area (Å²) in [6.07, 6.45) is 3.27. The number of halogens is 3. The summed E-state index contributed by atoms with van der Waals surface area (Å²) >= 11 is 2.11. The van der Waals surface area contributed by atoms with Crippen molar-refractivity contribution in [3.05, 3.63) is 56.9 Å². The molecule has 2 heterocycles. The van der Waals surface area contributed by atoms with Gasteiger partial charge in [-0.05, 0) is 52.8 Å². The van der Waals surface area contributed by atoms with Gasteiger partial charge in [-0.2, -0.15) is 0 Å². The fourth-order valence-electron chi connectivity index (χ4n) is 2.76. The molecule has 0 saturated heterocycles. The van der Waals surface area contributed by atoms with Crippen LogP contribution in [-0.2, 0) is 16.4 Å². The van der Waals surface area contributed by atoms with Crippen LogP contribution in [0.4, 0.5) is 14.5 Å². The molecule has 1 aromatic carbocycles. The van der Waals surface area contributed by atoms with E-state index in [-0.39, 0.29) is 12.2 Å². The Bertz CT molecular complexity index is 1160. The maximum absolute atomic E-state index is 14.7. The van der Waals surface area contributed by atoms with E-state index in [1.54, 1.807) is 19.2 Å². The molecule has 0 unspecified atom stereocenters. The normalized spacial score (nSPS) is 11.7. The Labute approximate surface area is 173 Å². The lowest BCUT2D eigenvalue weighted by Gasteiger charge is -2.11. The molecule has 10 heteroatoms. The van der Waals surface area contributed by atoms with Crippen molar-refractivity contribution in [2.24, 2.45) is 0 Å². The van der Waals surface area contributed by atoms with Gasteiger partial charge in [0.2, 0.25) is 10.0 Å².